The zero-order chi connectivity index (χ0) is 11.2. The van der Waals surface area contributed by atoms with E-state index in [1.165, 1.54) is 0 Å². The third kappa shape index (κ3) is 5.57. The second-order valence-corrected chi connectivity index (χ2v) is 5.70. The molecule has 0 amide bonds. The second-order valence-electron chi connectivity index (χ2n) is 3.82. The van der Waals surface area contributed by atoms with E-state index in [0.29, 0.717) is 6.42 Å². The van der Waals surface area contributed by atoms with Crippen molar-refractivity contribution in [1.29, 1.82) is 0 Å². The summed E-state index contributed by atoms with van der Waals surface area (Å²) in [6.07, 6.45) is 1.51. The van der Waals surface area contributed by atoms with E-state index < -0.39 is 10.0 Å². The molecule has 0 aromatic rings. The van der Waals surface area contributed by atoms with Crippen molar-refractivity contribution in [1.82, 2.24) is 4.72 Å². The minimum Gasteiger partial charge on any atom is -0.395 e. The highest BCUT2D eigenvalue weighted by atomic mass is 32.2. The summed E-state index contributed by atoms with van der Waals surface area (Å²) in [7, 11) is -3.21. The van der Waals surface area contributed by atoms with Crippen LogP contribution in [0.25, 0.3) is 0 Å². The van der Waals surface area contributed by atoms with Gasteiger partial charge in [0.15, 0.2) is 0 Å². The summed E-state index contributed by atoms with van der Waals surface area (Å²) < 4.78 is 25.4. The predicted octanol–water partition coefficient (Wildman–Crippen LogP) is 0.723. The lowest BCUT2D eigenvalue weighted by Gasteiger charge is -2.19. The van der Waals surface area contributed by atoms with Crippen LogP contribution in [0.1, 0.15) is 33.6 Å². The molecule has 0 aromatic carbocycles. The van der Waals surface area contributed by atoms with Gasteiger partial charge in [-0.2, -0.15) is 0 Å². The smallest absolute Gasteiger partial charge is 0.211 e. The van der Waals surface area contributed by atoms with Gasteiger partial charge in [-0.1, -0.05) is 27.2 Å². The summed E-state index contributed by atoms with van der Waals surface area (Å²) in [6, 6.07) is -0.364. The highest BCUT2D eigenvalue weighted by Gasteiger charge is 2.19. The van der Waals surface area contributed by atoms with Gasteiger partial charge in [-0.3, -0.25) is 0 Å². The molecule has 0 rings (SSSR count). The Labute approximate surface area is 86.8 Å². The molecule has 0 spiro atoms. The fraction of sp³-hybridized carbons (Fsp3) is 1.00. The van der Waals surface area contributed by atoms with Gasteiger partial charge in [-0.25, -0.2) is 13.1 Å². The minimum atomic E-state index is -3.21. The van der Waals surface area contributed by atoms with E-state index in [1.54, 1.807) is 0 Å². The minimum absolute atomic E-state index is 0.108. The summed E-state index contributed by atoms with van der Waals surface area (Å²) in [5.74, 6) is 0.253. The van der Waals surface area contributed by atoms with E-state index in [1.807, 2.05) is 20.8 Å². The molecule has 2 N–H and O–H groups in total. The van der Waals surface area contributed by atoms with Crippen LogP contribution in [0.5, 0.6) is 0 Å². The third-order valence-corrected chi connectivity index (χ3v) is 3.59. The second kappa shape index (κ2) is 6.37. The number of sulfonamides is 1. The summed E-state index contributed by atoms with van der Waals surface area (Å²) in [4.78, 5) is 0. The van der Waals surface area contributed by atoms with E-state index in [0.717, 1.165) is 6.42 Å². The molecule has 1 atom stereocenters. The Morgan fingerprint density at radius 1 is 1.36 bits per heavy atom. The van der Waals surface area contributed by atoms with Gasteiger partial charge in [0.1, 0.15) is 0 Å². The highest BCUT2D eigenvalue weighted by molar-refractivity contribution is 7.89. The first-order chi connectivity index (χ1) is 6.43. The quantitative estimate of drug-likeness (QED) is 0.668. The van der Waals surface area contributed by atoms with Gasteiger partial charge in [0.05, 0.1) is 12.4 Å². The maximum atomic E-state index is 11.4. The van der Waals surface area contributed by atoms with Crippen LogP contribution in [-0.4, -0.2) is 31.9 Å². The number of aliphatic hydroxyl groups excluding tert-OH is 1. The lowest BCUT2D eigenvalue weighted by Crippen LogP contribution is -2.42. The van der Waals surface area contributed by atoms with Crippen LogP contribution in [0.4, 0.5) is 0 Å². The van der Waals surface area contributed by atoms with Gasteiger partial charge in [0.2, 0.25) is 10.0 Å². The SMILES string of the molecule is CCCCS(=O)(=O)N[C@H](CO)C(C)C. The molecular weight excluding hydrogens is 202 g/mol. The van der Waals surface area contributed by atoms with Crippen LogP contribution in [0, 0.1) is 5.92 Å². The van der Waals surface area contributed by atoms with Gasteiger partial charge in [-0.15, -0.1) is 0 Å². The first kappa shape index (κ1) is 13.9. The van der Waals surface area contributed by atoms with E-state index in [-0.39, 0.29) is 24.3 Å². The van der Waals surface area contributed by atoms with Gasteiger partial charge >= 0.3 is 0 Å². The monoisotopic (exact) mass is 223 g/mol. The lowest BCUT2D eigenvalue weighted by molar-refractivity contribution is 0.227. The average Bonchev–Trinajstić information content (AvgIpc) is 2.10. The summed E-state index contributed by atoms with van der Waals surface area (Å²) >= 11 is 0. The molecule has 0 heterocycles. The summed E-state index contributed by atoms with van der Waals surface area (Å²) in [5, 5.41) is 8.96. The van der Waals surface area contributed by atoms with Crippen molar-refractivity contribution in [3.8, 4) is 0 Å². The Morgan fingerprint density at radius 2 is 1.93 bits per heavy atom. The molecule has 4 nitrogen and oxygen atoms in total. The van der Waals surface area contributed by atoms with E-state index in [4.69, 9.17) is 5.11 Å². The van der Waals surface area contributed by atoms with Crippen molar-refractivity contribution in [3.63, 3.8) is 0 Å². The maximum absolute atomic E-state index is 11.4. The van der Waals surface area contributed by atoms with E-state index >= 15 is 0 Å². The fourth-order valence-corrected chi connectivity index (χ4v) is 2.60. The molecule has 0 aliphatic heterocycles. The van der Waals surface area contributed by atoms with Gasteiger partial charge < -0.3 is 5.11 Å². The van der Waals surface area contributed by atoms with Crippen LogP contribution in [-0.2, 0) is 10.0 Å². The number of rotatable bonds is 7. The predicted molar refractivity (Wildman–Crippen MR) is 57.5 cm³/mol. The number of hydrogen-bond acceptors (Lipinski definition) is 3. The number of hydrogen-bond donors (Lipinski definition) is 2. The van der Waals surface area contributed by atoms with Gasteiger partial charge in [0, 0.05) is 6.04 Å². The molecule has 0 fully saturated rings. The molecular formula is C9H21NO3S. The van der Waals surface area contributed by atoms with Crippen molar-refractivity contribution in [2.75, 3.05) is 12.4 Å². The summed E-state index contributed by atoms with van der Waals surface area (Å²) in [5.41, 5.74) is 0. The largest absolute Gasteiger partial charge is 0.395 e. The maximum Gasteiger partial charge on any atom is 0.211 e. The van der Waals surface area contributed by atoms with Gasteiger partial charge in [-0.05, 0) is 12.3 Å². The lowest BCUT2D eigenvalue weighted by atomic mass is 10.1. The van der Waals surface area contributed by atoms with Crippen LogP contribution in [0.3, 0.4) is 0 Å². The number of aliphatic hydroxyl groups is 1. The average molecular weight is 223 g/mol. The van der Waals surface area contributed by atoms with E-state index in [2.05, 4.69) is 4.72 Å². The normalized spacial score (nSPS) is 14.6. The molecule has 5 heteroatoms. The highest BCUT2D eigenvalue weighted by Crippen LogP contribution is 2.03. The number of nitrogens with one attached hydrogen (secondary N) is 1. The van der Waals surface area contributed by atoms with Crippen molar-refractivity contribution >= 4 is 10.0 Å². The zero-order valence-electron chi connectivity index (χ0n) is 9.16. The molecule has 0 unspecified atom stereocenters. The van der Waals surface area contributed by atoms with Crippen molar-refractivity contribution in [2.24, 2.45) is 5.92 Å². The number of unbranched alkanes of at least 4 members (excludes halogenated alkanes) is 1. The third-order valence-electron chi connectivity index (χ3n) is 2.10. The van der Waals surface area contributed by atoms with Crippen LogP contribution < -0.4 is 4.72 Å². The molecule has 0 radical (unpaired) electrons. The van der Waals surface area contributed by atoms with Crippen LogP contribution in [0.2, 0.25) is 0 Å². The molecule has 86 valence electrons. The van der Waals surface area contributed by atoms with Crippen LogP contribution >= 0.6 is 0 Å². The Balaban J connectivity index is 4.18. The van der Waals surface area contributed by atoms with Crippen molar-refractivity contribution in [3.05, 3.63) is 0 Å². The van der Waals surface area contributed by atoms with Gasteiger partial charge in [0.25, 0.3) is 0 Å². The molecule has 0 aromatic heterocycles. The summed E-state index contributed by atoms with van der Waals surface area (Å²) in [6.45, 7) is 5.55. The molecule has 0 bridgehead atoms. The first-order valence-electron chi connectivity index (χ1n) is 5.03. The van der Waals surface area contributed by atoms with Crippen molar-refractivity contribution in [2.45, 2.75) is 39.7 Å². The van der Waals surface area contributed by atoms with Crippen molar-refractivity contribution < 1.29 is 13.5 Å². The Morgan fingerprint density at radius 3 is 2.29 bits per heavy atom. The van der Waals surface area contributed by atoms with Crippen LogP contribution in [0.15, 0.2) is 0 Å². The molecule has 0 saturated heterocycles. The molecule has 0 saturated carbocycles. The van der Waals surface area contributed by atoms with E-state index in [9.17, 15) is 8.42 Å². The molecule has 14 heavy (non-hydrogen) atoms. The zero-order valence-corrected chi connectivity index (χ0v) is 9.97. The fourth-order valence-electron chi connectivity index (χ4n) is 1.01. The Bertz CT molecular complexity index is 236. The first-order valence-corrected chi connectivity index (χ1v) is 6.69. The standard InChI is InChI=1S/C9H21NO3S/c1-4-5-6-14(12,13)10-9(7-11)8(2)3/h8-11H,4-7H2,1-3H3/t9-/m1/s1. The Kier molecular flexibility index (Phi) is 6.31. The topological polar surface area (TPSA) is 66.4 Å². The molecule has 0 aliphatic rings. The Hall–Kier alpha value is -0.130. The molecule has 0 aliphatic carbocycles.